The number of carbonyl (C=O) groups is 2. The van der Waals surface area contributed by atoms with Crippen LogP contribution in [0, 0.1) is 6.92 Å². The van der Waals surface area contributed by atoms with Crippen LogP contribution >= 0.6 is 27.3 Å². The average molecular weight is 459 g/mol. The number of rotatable bonds is 7. The minimum absolute atomic E-state index is 0.144. The predicted molar refractivity (Wildman–Crippen MR) is 114 cm³/mol. The highest BCUT2D eigenvalue weighted by atomic mass is 79.9. The second kappa shape index (κ2) is 9.57. The first-order chi connectivity index (χ1) is 13.5. The summed E-state index contributed by atoms with van der Waals surface area (Å²) < 4.78 is 0.899. The zero-order chi connectivity index (χ0) is 19.9. The molecular formula is C20H19BrN4O2S. The Hall–Kier alpha value is -2.58. The van der Waals surface area contributed by atoms with Crippen LogP contribution in [0.4, 0.5) is 5.69 Å². The number of benzene rings is 1. The molecule has 0 saturated carbocycles. The highest BCUT2D eigenvalue weighted by molar-refractivity contribution is 9.10. The van der Waals surface area contributed by atoms with Crippen molar-refractivity contribution in [3.8, 4) is 10.6 Å². The molecule has 8 heteroatoms. The van der Waals surface area contributed by atoms with Gasteiger partial charge in [-0.15, -0.1) is 11.3 Å². The maximum absolute atomic E-state index is 12.1. The fourth-order valence-corrected chi connectivity index (χ4v) is 3.67. The van der Waals surface area contributed by atoms with E-state index in [-0.39, 0.29) is 31.2 Å². The normalized spacial score (nSPS) is 10.5. The molecule has 2 heterocycles. The largest absolute Gasteiger partial charge is 0.355 e. The molecule has 0 atom stereocenters. The van der Waals surface area contributed by atoms with E-state index in [0.29, 0.717) is 5.69 Å². The Morgan fingerprint density at radius 1 is 1.21 bits per heavy atom. The zero-order valence-electron chi connectivity index (χ0n) is 15.2. The highest BCUT2D eigenvalue weighted by Crippen LogP contribution is 2.23. The number of pyridine rings is 1. The van der Waals surface area contributed by atoms with Gasteiger partial charge in [0.2, 0.25) is 11.8 Å². The van der Waals surface area contributed by atoms with Crippen LogP contribution in [0.3, 0.4) is 0 Å². The first-order valence-corrected chi connectivity index (χ1v) is 10.4. The smallest absolute Gasteiger partial charge is 0.226 e. The van der Waals surface area contributed by atoms with Crippen molar-refractivity contribution < 1.29 is 9.59 Å². The van der Waals surface area contributed by atoms with Crippen molar-refractivity contribution in [3.63, 3.8) is 0 Å². The molecule has 3 aromatic rings. The molecule has 28 heavy (non-hydrogen) atoms. The van der Waals surface area contributed by atoms with Crippen LogP contribution in [0.1, 0.15) is 17.7 Å². The third kappa shape index (κ3) is 5.71. The van der Waals surface area contributed by atoms with E-state index in [0.717, 1.165) is 26.3 Å². The molecule has 0 fully saturated rings. The lowest BCUT2D eigenvalue weighted by atomic mass is 10.2. The van der Waals surface area contributed by atoms with Crippen molar-refractivity contribution in [1.82, 2.24) is 15.3 Å². The van der Waals surface area contributed by atoms with Crippen LogP contribution in [-0.4, -0.2) is 28.3 Å². The van der Waals surface area contributed by atoms with E-state index in [1.54, 1.807) is 12.4 Å². The van der Waals surface area contributed by atoms with Crippen LogP contribution in [0.2, 0.25) is 0 Å². The molecule has 6 nitrogen and oxygen atoms in total. The average Bonchev–Trinajstić information content (AvgIpc) is 3.14. The molecule has 2 N–H and O–H groups in total. The number of carbonyl (C=O) groups excluding carboxylic acids is 2. The van der Waals surface area contributed by atoms with E-state index in [1.165, 1.54) is 11.3 Å². The van der Waals surface area contributed by atoms with Crippen molar-refractivity contribution in [2.45, 2.75) is 19.8 Å². The van der Waals surface area contributed by atoms with E-state index >= 15 is 0 Å². The Balaban J connectivity index is 1.44. The van der Waals surface area contributed by atoms with E-state index < -0.39 is 0 Å². The molecule has 0 radical (unpaired) electrons. The number of hydrogen-bond donors (Lipinski definition) is 2. The topological polar surface area (TPSA) is 84.0 Å². The summed E-state index contributed by atoms with van der Waals surface area (Å²) in [5.41, 5.74) is 3.37. The van der Waals surface area contributed by atoms with Gasteiger partial charge in [0.05, 0.1) is 12.1 Å². The van der Waals surface area contributed by atoms with Gasteiger partial charge in [-0.1, -0.05) is 22.0 Å². The molecule has 0 unspecified atom stereocenters. The first-order valence-electron chi connectivity index (χ1n) is 8.69. The Morgan fingerprint density at radius 3 is 2.86 bits per heavy atom. The number of thiazole rings is 1. The van der Waals surface area contributed by atoms with Crippen molar-refractivity contribution in [3.05, 3.63) is 63.8 Å². The number of aromatic nitrogens is 2. The lowest BCUT2D eigenvalue weighted by molar-refractivity contribution is -0.120. The van der Waals surface area contributed by atoms with Crippen LogP contribution in [0.5, 0.6) is 0 Å². The summed E-state index contributed by atoms with van der Waals surface area (Å²) in [6, 6.07) is 9.48. The number of anilines is 1. The molecule has 1 aromatic carbocycles. The fraction of sp³-hybridized carbons (Fsp3) is 0.200. The highest BCUT2D eigenvalue weighted by Gasteiger charge is 2.10. The van der Waals surface area contributed by atoms with Crippen LogP contribution < -0.4 is 10.6 Å². The summed E-state index contributed by atoms with van der Waals surface area (Å²) in [6.45, 7) is 2.20. The molecule has 0 aliphatic heterocycles. The van der Waals surface area contributed by atoms with Gasteiger partial charge < -0.3 is 10.6 Å². The summed E-state index contributed by atoms with van der Waals surface area (Å²) in [4.78, 5) is 32.7. The first kappa shape index (κ1) is 20.2. The van der Waals surface area contributed by atoms with Gasteiger partial charge in [0.25, 0.3) is 0 Å². The lowest BCUT2D eigenvalue weighted by Crippen LogP contribution is -2.29. The molecule has 0 aliphatic carbocycles. The molecule has 0 aliphatic rings. The van der Waals surface area contributed by atoms with Crippen molar-refractivity contribution in [1.29, 1.82) is 0 Å². The molecule has 2 aromatic heterocycles. The number of hydrogen-bond acceptors (Lipinski definition) is 5. The molecule has 0 spiro atoms. The molecule has 3 rings (SSSR count). The van der Waals surface area contributed by atoms with E-state index in [1.807, 2.05) is 42.6 Å². The number of nitrogens with zero attached hydrogens (tertiary/aromatic N) is 2. The molecule has 0 bridgehead atoms. The number of halogens is 1. The minimum Gasteiger partial charge on any atom is -0.355 e. The Labute approximate surface area is 175 Å². The van der Waals surface area contributed by atoms with Crippen LogP contribution in [0.15, 0.2) is 52.6 Å². The third-order valence-electron chi connectivity index (χ3n) is 3.95. The second-order valence-corrected chi connectivity index (χ2v) is 7.94. The summed E-state index contributed by atoms with van der Waals surface area (Å²) in [7, 11) is 0. The quantitative estimate of drug-likeness (QED) is 0.560. The third-order valence-corrected chi connectivity index (χ3v) is 5.38. The molecular weight excluding hydrogens is 440 g/mol. The van der Waals surface area contributed by atoms with Crippen LogP contribution in [0.25, 0.3) is 10.6 Å². The summed E-state index contributed by atoms with van der Waals surface area (Å²) in [6.07, 6.45) is 3.84. The molecule has 2 amide bonds. The van der Waals surface area contributed by atoms with E-state index in [4.69, 9.17) is 0 Å². The summed E-state index contributed by atoms with van der Waals surface area (Å²) in [5, 5.41) is 8.32. The Kier molecular flexibility index (Phi) is 6.89. The number of aryl methyl sites for hydroxylation is 1. The number of nitrogens with one attached hydrogen (secondary N) is 2. The second-order valence-electron chi connectivity index (χ2n) is 6.17. The van der Waals surface area contributed by atoms with Gasteiger partial charge in [-0.25, -0.2) is 4.98 Å². The van der Waals surface area contributed by atoms with Crippen molar-refractivity contribution in [2.24, 2.45) is 0 Å². The maximum Gasteiger partial charge on any atom is 0.226 e. The van der Waals surface area contributed by atoms with Gasteiger partial charge in [0.15, 0.2) is 0 Å². The summed E-state index contributed by atoms with van der Waals surface area (Å²) >= 11 is 4.87. The van der Waals surface area contributed by atoms with Gasteiger partial charge in [-0.3, -0.25) is 14.6 Å². The fourth-order valence-electron chi connectivity index (χ4n) is 2.49. The van der Waals surface area contributed by atoms with Gasteiger partial charge >= 0.3 is 0 Å². The maximum atomic E-state index is 12.1. The van der Waals surface area contributed by atoms with Crippen molar-refractivity contribution >= 4 is 44.8 Å². The van der Waals surface area contributed by atoms with E-state index in [9.17, 15) is 9.59 Å². The van der Waals surface area contributed by atoms with Crippen molar-refractivity contribution in [2.75, 3.05) is 11.9 Å². The zero-order valence-corrected chi connectivity index (χ0v) is 17.6. The van der Waals surface area contributed by atoms with Gasteiger partial charge in [0, 0.05) is 46.5 Å². The SMILES string of the molecule is Cc1ccc(Br)cc1NC(=O)CCNC(=O)Cc1csc(-c2cccnc2)n1. The summed E-state index contributed by atoms with van der Waals surface area (Å²) in [5.74, 6) is -0.302. The van der Waals surface area contributed by atoms with Gasteiger partial charge in [0.1, 0.15) is 5.01 Å². The minimum atomic E-state index is -0.158. The van der Waals surface area contributed by atoms with Gasteiger partial charge in [-0.2, -0.15) is 0 Å². The Morgan fingerprint density at radius 2 is 2.07 bits per heavy atom. The van der Waals surface area contributed by atoms with E-state index in [2.05, 4.69) is 36.5 Å². The lowest BCUT2D eigenvalue weighted by Gasteiger charge is -2.09. The monoisotopic (exact) mass is 458 g/mol. The number of amides is 2. The van der Waals surface area contributed by atoms with Gasteiger partial charge in [-0.05, 0) is 36.8 Å². The molecule has 0 saturated heterocycles. The Bertz CT molecular complexity index is 975. The standard InChI is InChI=1S/C20H19BrN4O2S/c1-13-4-5-15(21)9-17(13)25-18(26)6-8-23-19(27)10-16-12-28-20(24-16)14-3-2-7-22-11-14/h2-5,7,9,11-12H,6,8,10H2,1H3,(H,23,27)(H,25,26). The predicted octanol–water partition coefficient (Wildman–Crippen LogP) is 3.96. The van der Waals surface area contributed by atoms with Crippen LogP contribution in [-0.2, 0) is 16.0 Å². The molecule has 144 valence electrons.